The van der Waals surface area contributed by atoms with Crippen molar-refractivity contribution in [2.24, 2.45) is 5.92 Å². The highest BCUT2D eigenvalue weighted by molar-refractivity contribution is 5.46. The van der Waals surface area contributed by atoms with Crippen LogP contribution in [-0.4, -0.2) is 18.3 Å². The molecule has 0 saturated carbocycles. The van der Waals surface area contributed by atoms with Gasteiger partial charge in [-0.05, 0) is 24.5 Å². The number of aliphatic hydroxyl groups excluding tert-OH is 1. The normalized spacial score (nSPS) is 11.6. The maximum Gasteiger partial charge on any atom is 0.137 e. The van der Waals surface area contributed by atoms with E-state index in [2.05, 4.69) is 25.7 Å². The molecule has 1 aromatic carbocycles. The summed E-state index contributed by atoms with van der Waals surface area (Å²) in [6, 6.07) is 4.24. The predicted octanol–water partition coefficient (Wildman–Crippen LogP) is 2.98. The van der Waals surface area contributed by atoms with Crippen LogP contribution >= 0.6 is 0 Å². The van der Waals surface area contributed by atoms with Crippen molar-refractivity contribution in [1.82, 2.24) is 0 Å². The fourth-order valence-electron chi connectivity index (χ4n) is 1.66. The zero-order valence-corrected chi connectivity index (χ0v) is 10.9. The van der Waals surface area contributed by atoms with Crippen LogP contribution in [0.4, 0.5) is 4.39 Å². The van der Waals surface area contributed by atoms with Gasteiger partial charge in [-0.1, -0.05) is 32.1 Å². The molecule has 1 unspecified atom stereocenters. The molecule has 18 heavy (non-hydrogen) atoms. The van der Waals surface area contributed by atoms with E-state index in [0.29, 0.717) is 23.8 Å². The summed E-state index contributed by atoms with van der Waals surface area (Å²) >= 11 is 0. The van der Waals surface area contributed by atoms with Crippen LogP contribution in [-0.2, 0) is 0 Å². The summed E-state index contributed by atoms with van der Waals surface area (Å²) in [6.07, 6.45) is 2.18. The smallest absolute Gasteiger partial charge is 0.137 e. The number of aliphatic hydroxyl groups is 1. The molecule has 0 aliphatic heterocycles. The Morgan fingerprint density at radius 2 is 2.22 bits per heavy atom. The van der Waals surface area contributed by atoms with Crippen LogP contribution in [0.3, 0.4) is 0 Å². The maximum absolute atomic E-state index is 13.2. The Hall–Kier alpha value is -1.53. The summed E-state index contributed by atoms with van der Waals surface area (Å²) in [4.78, 5) is 0. The molecule has 1 N–H and O–H groups in total. The topological polar surface area (TPSA) is 29.5 Å². The maximum atomic E-state index is 13.2. The average molecular weight is 250 g/mol. The molecule has 0 fully saturated rings. The molecule has 1 rings (SSSR count). The Balaban J connectivity index is 2.76. The summed E-state index contributed by atoms with van der Waals surface area (Å²) in [7, 11) is 0. The van der Waals surface area contributed by atoms with Gasteiger partial charge in [0.25, 0.3) is 0 Å². The highest BCUT2D eigenvalue weighted by atomic mass is 19.1. The zero-order valence-electron chi connectivity index (χ0n) is 10.9. The number of hydrogen-bond acceptors (Lipinski definition) is 2. The molecule has 0 spiro atoms. The third-order valence-corrected chi connectivity index (χ3v) is 2.55. The van der Waals surface area contributed by atoms with Crippen molar-refractivity contribution in [1.29, 1.82) is 0 Å². The van der Waals surface area contributed by atoms with Crippen molar-refractivity contribution in [3.8, 4) is 17.6 Å². The van der Waals surface area contributed by atoms with E-state index in [1.807, 2.05) is 0 Å². The number of rotatable bonds is 5. The summed E-state index contributed by atoms with van der Waals surface area (Å²) in [6.45, 7) is 4.55. The summed E-state index contributed by atoms with van der Waals surface area (Å²) in [5.41, 5.74) is 0.606. The monoisotopic (exact) mass is 250 g/mol. The number of halogens is 1. The van der Waals surface area contributed by atoms with E-state index in [0.717, 1.165) is 12.8 Å². The third-order valence-electron chi connectivity index (χ3n) is 2.55. The van der Waals surface area contributed by atoms with Gasteiger partial charge < -0.3 is 9.84 Å². The second kappa shape index (κ2) is 7.73. The highest BCUT2D eigenvalue weighted by Gasteiger charge is 2.06. The number of benzene rings is 1. The van der Waals surface area contributed by atoms with Crippen molar-refractivity contribution >= 4 is 0 Å². The molecule has 0 aliphatic rings. The fourth-order valence-corrected chi connectivity index (χ4v) is 1.66. The summed E-state index contributed by atoms with van der Waals surface area (Å²) in [5, 5.41) is 8.67. The quantitative estimate of drug-likeness (QED) is 0.814. The highest BCUT2D eigenvalue weighted by Crippen LogP contribution is 2.20. The Bertz CT molecular complexity index is 432. The van der Waals surface area contributed by atoms with E-state index in [9.17, 15) is 4.39 Å². The van der Waals surface area contributed by atoms with Crippen molar-refractivity contribution in [3.63, 3.8) is 0 Å². The molecule has 0 saturated heterocycles. The Labute approximate surface area is 108 Å². The average Bonchev–Trinajstić information content (AvgIpc) is 2.35. The van der Waals surface area contributed by atoms with Gasteiger partial charge in [0.15, 0.2) is 0 Å². The van der Waals surface area contributed by atoms with Crippen molar-refractivity contribution in [3.05, 3.63) is 29.6 Å². The van der Waals surface area contributed by atoms with Gasteiger partial charge in [-0.3, -0.25) is 0 Å². The summed E-state index contributed by atoms with van der Waals surface area (Å²) in [5.74, 6) is 5.82. The van der Waals surface area contributed by atoms with Crippen LogP contribution in [0, 0.1) is 23.6 Å². The van der Waals surface area contributed by atoms with Crippen molar-refractivity contribution in [2.45, 2.75) is 26.7 Å². The van der Waals surface area contributed by atoms with Crippen LogP contribution in [0.25, 0.3) is 0 Å². The van der Waals surface area contributed by atoms with Crippen LogP contribution < -0.4 is 4.74 Å². The lowest BCUT2D eigenvalue weighted by Crippen LogP contribution is -2.09. The van der Waals surface area contributed by atoms with Crippen LogP contribution in [0.15, 0.2) is 18.2 Å². The molecular formula is C15H19FO2. The molecule has 0 bridgehead atoms. The SMILES string of the molecule is CCCC(C)COc1cc(F)ccc1C#CCO. The van der Waals surface area contributed by atoms with Gasteiger partial charge in [0.2, 0.25) is 0 Å². The molecule has 0 radical (unpaired) electrons. The van der Waals surface area contributed by atoms with E-state index in [1.54, 1.807) is 6.07 Å². The molecule has 3 heteroatoms. The predicted molar refractivity (Wildman–Crippen MR) is 69.9 cm³/mol. The van der Waals surface area contributed by atoms with E-state index >= 15 is 0 Å². The lowest BCUT2D eigenvalue weighted by molar-refractivity contribution is 0.250. The van der Waals surface area contributed by atoms with Gasteiger partial charge in [0.1, 0.15) is 18.2 Å². The molecule has 98 valence electrons. The molecule has 0 heterocycles. The van der Waals surface area contributed by atoms with Gasteiger partial charge >= 0.3 is 0 Å². The Morgan fingerprint density at radius 1 is 1.44 bits per heavy atom. The first-order chi connectivity index (χ1) is 8.67. The van der Waals surface area contributed by atoms with Crippen molar-refractivity contribution < 1.29 is 14.2 Å². The van der Waals surface area contributed by atoms with Gasteiger partial charge in [-0.2, -0.15) is 0 Å². The first-order valence-corrected chi connectivity index (χ1v) is 6.19. The Kier molecular flexibility index (Phi) is 6.24. The molecular weight excluding hydrogens is 231 g/mol. The number of hydrogen-bond donors (Lipinski definition) is 1. The molecule has 0 amide bonds. The third kappa shape index (κ3) is 4.77. The fraction of sp³-hybridized carbons (Fsp3) is 0.467. The van der Waals surface area contributed by atoms with Gasteiger partial charge in [0, 0.05) is 6.07 Å². The minimum atomic E-state index is -0.345. The standard InChI is InChI=1S/C15H19FO2/c1-3-5-12(2)11-18-15-10-14(16)8-7-13(15)6-4-9-17/h7-8,10,12,17H,3,5,9,11H2,1-2H3. The Morgan fingerprint density at radius 3 is 2.89 bits per heavy atom. The van der Waals surface area contributed by atoms with Gasteiger partial charge in [-0.15, -0.1) is 0 Å². The minimum absolute atomic E-state index is 0.219. The molecule has 2 nitrogen and oxygen atoms in total. The lowest BCUT2D eigenvalue weighted by atomic mass is 10.1. The second-order valence-electron chi connectivity index (χ2n) is 4.31. The number of ether oxygens (including phenoxy) is 1. The lowest BCUT2D eigenvalue weighted by Gasteiger charge is -2.13. The van der Waals surface area contributed by atoms with Crippen LogP contribution in [0.1, 0.15) is 32.3 Å². The van der Waals surface area contributed by atoms with Gasteiger partial charge in [-0.25, -0.2) is 4.39 Å². The van der Waals surface area contributed by atoms with Crippen LogP contribution in [0.2, 0.25) is 0 Å². The molecule has 1 aromatic rings. The second-order valence-corrected chi connectivity index (χ2v) is 4.31. The van der Waals surface area contributed by atoms with E-state index in [1.165, 1.54) is 12.1 Å². The molecule has 1 atom stereocenters. The van der Waals surface area contributed by atoms with Gasteiger partial charge in [0.05, 0.1) is 12.2 Å². The largest absolute Gasteiger partial charge is 0.492 e. The first-order valence-electron chi connectivity index (χ1n) is 6.19. The van der Waals surface area contributed by atoms with E-state index < -0.39 is 0 Å². The van der Waals surface area contributed by atoms with Crippen molar-refractivity contribution in [2.75, 3.05) is 13.2 Å². The zero-order chi connectivity index (χ0) is 13.4. The molecule has 0 aliphatic carbocycles. The van der Waals surface area contributed by atoms with E-state index in [-0.39, 0.29) is 12.4 Å². The van der Waals surface area contributed by atoms with Crippen LogP contribution in [0.5, 0.6) is 5.75 Å². The summed E-state index contributed by atoms with van der Waals surface area (Å²) < 4.78 is 18.8. The molecule has 0 aromatic heterocycles. The van der Waals surface area contributed by atoms with E-state index in [4.69, 9.17) is 9.84 Å². The first kappa shape index (κ1) is 14.5. The minimum Gasteiger partial charge on any atom is -0.492 e.